The number of nitrogens with zero attached hydrogens (tertiary/aromatic N) is 1. The Morgan fingerprint density at radius 3 is 2.65 bits per heavy atom. The molecule has 0 aromatic heterocycles. The van der Waals surface area contributed by atoms with Crippen LogP contribution in [0.5, 0.6) is 0 Å². The van der Waals surface area contributed by atoms with Gasteiger partial charge in [-0.05, 0) is 37.3 Å². The van der Waals surface area contributed by atoms with Gasteiger partial charge in [0.1, 0.15) is 5.82 Å². The number of hydrogen-bond donors (Lipinski definition) is 1. The fraction of sp³-hybridized carbons (Fsp3) is 0.133. The van der Waals surface area contributed by atoms with Gasteiger partial charge in [0, 0.05) is 16.7 Å². The molecule has 3 nitrogen and oxygen atoms in total. The van der Waals surface area contributed by atoms with E-state index in [0.717, 1.165) is 4.47 Å². The molecule has 0 fully saturated rings. The quantitative estimate of drug-likeness (QED) is 0.865. The average Bonchev–Trinajstić information content (AvgIpc) is 2.44. The van der Waals surface area contributed by atoms with Gasteiger partial charge in [-0.25, -0.2) is 4.39 Å². The van der Waals surface area contributed by atoms with Gasteiger partial charge in [-0.1, -0.05) is 28.1 Å². The zero-order chi connectivity index (χ0) is 14.7. The Labute approximate surface area is 125 Å². The molecule has 2 rings (SSSR count). The molecule has 20 heavy (non-hydrogen) atoms. The van der Waals surface area contributed by atoms with Crippen molar-refractivity contribution in [3.8, 4) is 0 Å². The van der Waals surface area contributed by atoms with Crippen LogP contribution in [0.15, 0.2) is 46.9 Å². The zero-order valence-corrected chi connectivity index (χ0v) is 12.5. The molecular weight excluding hydrogens is 323 g/mol. The van der Waals surface area contributed by atoms with E-state index in [-0.39, 0.29) is 11.6 Å². The van der Waals surface area contributed by atoms with E-state index in [0.29, 0.717) is 17.8 Å². The van der Waals surface area contributed by atoms with Crippen LogP contribution in [0.4, 0.5) is 15.8 Å². The smallest absolute Gasteiger partial charge is 0.260 e. The van der Waals surface area contributed by atoms with Crippen molar-refractivity contribution in [2.24, 2.45) is 0 Å². The number of amides is 1. The van der Waals surface area contributed by atoms with Crippen molar-refractivity contribution in [1.29, 1.82) is 0 Å². The first-order valence-electron chi connectivity index (χ1n) is 6.16. The second-order valence-corrected chi connectivity index (χ2v) is 5.15. The van der Waals surface area contributed by atoms with Crippen LogP contribution in [0.3, 0.4) is 0 Å². The summed E-state index contributed by atoms with van der Waals surface area (Å²) >= 11 is 3.31. The SMILES string of the molecule is CCN(C(=O)c1cc(Br)ccc1N)c1ccccc1F. The predicted molar refractivity (Wildman–Crippen MR) is 82.3 cm³/mol. The third-order valence-electron chi connectivity index (χ3n) is 2.95. The maximum absolute atomic E-state index is 13.8. The zero-order valence-electron chi connectivity index (χ0n) is 10.9. The van der Waals surface area contributed by atoms with Crippen LogP contribution in [-0.4, -0.2) is 12.5 Å². The van der Waals surface area contributed by atoms with Crippen LogP contribution < -0.4 is 10.6 Å². The third-order valence-corrected chi connectivity index (χ3v) is 3.44. The molecule has 0 unspecified atom stereocenters. The minimum Gasteiger partial charge on any atom is -0.398 e. The Bertz CT molecular complexity index is 646. The van der Waals surface area contributed by atoms with Crippen molar-refractivity contribution in [3.63, 3.8) is 0 Å². The van der Waals surface area contributed by atoms with Crippen molar-refractivity contribution < 1.29 is 9.18 Å². The van der Waals surface area contributed by atoms with Gasteiger partial charge in [-0.3, -0.25) is 4.79 Å². The summed E-state index contributed by atoms with van der Waals surface area (Å²) in [6.07, 6.45) is 0. The third kappa shape index (κ3) is 2.82. The summed E-state index contributed by atoms with van der Waals surface area (Å²) in [6.45, 7) is 2.14. The van der Waals surface area contributed by atoms with E-state index in [1.165, 1.54) is 11.0 Å². The molecule has 0 atom stereocenters. The summed E-state index contributed by atoms with van der Waals surface area (Å²) in [5.74, 6) is -0.757. The Kier molecular flexibility index (Phi) is 4.39. The van der Waals surface area contributed by atoms with Crippen molar-refractivity contribution in [3.05, 3.63) is 58.3 Å². The number of rotatable bonds is 3. The molecule has 0 aliphatic carbocycles. The molecule has 5 heteroatoms. The van der Waals surface area contributed by atoms with Crippen molar-refractivity contribution in [2.45, 2.75) is 6.92 Å². The number of nitrogen functional groups attached to an aromatic ring is 1. The molecule has 0 aliphatic heterocycles. The lowest BCUT2D eigenvalue weighted by molar-refractivity contribution is 0.0988. The van der Waals surface area contributed by atoms with Gasteiger partial charge in [-0.15, -0.1) is 0 Å². The molecule has 2 aromatic rings. The molecular formula is C15H14BrFN2O. The van der Waals surface area contributed by atoms with Gasteiger partial charge in [0.05, 0.1) is 11.3 Å². The fourth-order valence-corrected chi connectivity index (χ4v) is 2.31. The molecule has 0 aliphatic rings. The largest absolute Gasteiger partial charge is 0.398 e. The highest BCUT2D eigenvalue weighted by Gasteiger charge is 2.20. The molecule has 0 radical (unpaired) electrons. The van der Waals surface area contributed by atoms with Gasteiger partial charge in [0.2, 0.25) is 0 Å². The van der Waals surface area contributed by atoms with Crippen LogP contribution in [0, 0.1) is 5.82 Å². The summed E-state index contributed by atoms with van der Waals surface area (Å²) in [7, 11) is 0. The van der Waals surface area contributed by atoms with Gasteiger partial charge in [0.25, 0.3) is 5.91 Å². The molecule has 0 heterocycles. The van der Waals surface area contributed by atoms with Gasteiger partial charge >= 0.3 is 0 Å². The first kappa shape index (κ1) is 14.5. The topological polar surface area (TPSA) is 46.3 Å². The average molecular weight is 337 g/mol. The molecule has 1 amide bonds. The molecule has 0 saturated carbocycles. The van der Waals surface area contributed by atoms with Crippen LogP contribution in [0.2, 0.25) is 0 Å². The van der Waals surface area contributed by atoms with E-state index in [9.17, 15) is 9.18 Å². The molecule has 2 aromatic carbocycles. The molecule has 0 saturated heterocycles. The highest BCUT2D eigenvalue weighted by molar-refractivity contribution is 9.10. The summed E-state index contributed by atoms with van der Waals surface area (Å²) in [5, 5.41) is 0. The summed E-state index contributed by atoms with van der Waals surface area (Å²) in [6, 6.07) is 11.2. The lowest BCUT2D eigenvalue weighted by atomic mass is 10.1. The standard InChI is InChI=1S/C15H14BrFN2O/c1-2-19(14-6-4-3-5-12(14)17)15(20)11-9-10(16)7-8-13(11)18/h3-9H,2,18H2,1H3. The number of benzene rings is 2. The monoisotopic (exact) mass is 336 g/mol. The normalized spacial score (nSPS) is 10.3. The predicted octanol–water partition coefficient (Wildman–Crippen LogP) is 3.84. The van der Waals surface area contributed by atoms with E-state index in [1.54, 1.807) is 43.3 Å². The fourth-order valence-electron chi connectivity index (χ4n) is 1.95. The van der Waals surface area contributed by atoms with Gasteiger partial charge < -0.3 is 10.6 Å². The number of anilines is 2. The highest BCUT2D eigenvalue weighted by Crippen LogP contribution is 2.24. The Morgan fingerprint density at radius 2 is 2.00 bits per heavy atom. The van der Waals surface area contributed by atoms with E-state index < -0.39 is 5.82 Å². The highest BCUT2D eigenvalue weighted by atomic mass is 79.9. The number of hydrogen-bond acceptors (Lipinski definition) is 2. The van der Waals surface area contributed by atoms with Gasteiger partial charge in [-0.2, -0.15) is 0 Å². The lowest BCUT2D eigenvalue weighted by Gasteiger charge is -2.22. The van der Waals surface area contributed by atoms with Crippen LogP contribution in [0.25, 0.3) is 0 Å². The maximum Gasteiger partial charge on any atom is 0.260 e. The molecule has 2 N–H and O–H groups in total. The van der Waals surface area contributed by atoms with Crippen molar-refractivity contribution in [2.75, 3.05) is 17.2 Å². The van der Waals surface area contributed by atoms with E-state index in [1.807, 2.05) is 0 Å². The second-order valence-electron chi connectivity index (χ2n) is 4.23. The number of nitrogens with two attached hydrogens (primary N) is 1. The minimum absolute atomic E-state index is 0.249. The maximum atomic E-state index is 13.8. The van der Waals surface area contributed by atoms with E-state index >= 15 is 0 Å². The van der Waals surface area contributed by atoms with Crippen molar-refractivity contribution in [1.82, 2.24) is 0 Å². The van der Waals surface area contributed by atoms with Crippen LogP contribution >= 0.6 is 15.9 Å². The molecule has 104 valence electrons. The first-order chi connectivity index (χ1) is 9.54. The van der Waals surface area contributed by atoms with E-state index in [2.05, 4.69) is 15.9 Å². The van der Waals surface area contributed by atoms with Crippen molar-refractivity contribution >= 4 is 33.2 Å². The number of carbonyl (C=O) groups is 1. The Balaban J connectivity index is 2.45. The van der Waals surface area contributed by atoms with E-state index in [4.69, 9.17) is 5.73 Å². The number of halogens is 2. The number of para-hydroxylation sites is 1. The minimum atomic E-state index is -0.434. The van der Waals surface area contributed by atoms with Gasteiger partial charge in [0.15, 0.2) is 0 Å². The number of carbonyl (C=O) groups excluding carboxylic acids is 1. The second kappa shape index (κ2) is 6.05. The summed E-state index contributed by atoms with van der Waals surface area (Å²) < 4.78 is 14.6. The Morgan fingerprint density at radius 1 is 1.30 bits per heavy atom. The summed E-state index contributed by atoms with van der Waals surface area (Å²) in [5.41, 5.74) is 6.81. The molecule has 0 spiro atoms. The first-order valence-corrected chi connectivity index (χ1v) is 6.95. The van der Waals surface area contributed by atoms with Crippen LogP contribution in [-0.2, 0) is 0 Å². The molecule has 0 bridgehead atoms. The summed E-state index contributed by atoms with van der Waals surface area (Å²) in [4.78, 5) is 13.9. The Hall–Kier alpha value is -1.88. The lowest BCUT2D eigenvalue weighted by Crippen LogP contribution is -2.32. The van der Waals surface area contributed by atoms with Crippen LogP contribution in [0.1, 0.15) is 17.3 Å².